The van der Waals surface area contributed by atoms with Gasteiger partial charge in [0.05, 0.1) is 17.1 Å². The van der Waals surface area contributed by atoms with Crippen LogP contribution in [-0.4, -0.2) is 56.5 Å². The molecule has 1 saturated heterocycles. The van der Waals surface area contributed by atoms with Crippen LogP contribution in [0.1, 0.15) is 112 Å². The van der Waals surface area contributed by atoms with Gasteiger partial charge in [0.15, 0.2) is 5.82 Å². The second kappa shape index (κ2) is 13.4. The lowest BCUT2D eigenvalue weighted by molar-refractivity contribution is -0.124. The molecule has 0 bridgehead atoms. The first-order valence-electron chi connectivity index (χ1n) is 15.5. The average Bonchev–Trinajstić information content (AvgIpc) is 3.71. The highest BCUT2D eigenvalue weighted by molar-refractivity contribution is 7.15. The van der Waals surface area contributed by atoms with E-state index in [-0.39, 0.29) is 34.3 Å². The van der Waals surface area contributed by atoms with Crippen molar-refractivity contribution in [1.29, 1.82) is 0 Å². The van der Waals surface area contributed by atoms with Crippen LogP contribution in [0.15, 0.2) is 6.07 Å². The molecular formula is C32H44N4O4S2. The summed E-state index contributed by atoms with van der Waals surface area (Å²) in [5.41, 5.74) is 0.302. The molecule has 3 fully saturated rings. The van der Waals surface area contributed by atoms with E-state index in [0.717, 1.165) is 76.8 Å². The lowest BCUT2D eigenvalue weighted by atomic mass is 9.81. The van der Waals surface area contributed by atoms with E-state index >= 15 is 0 Å². The summed E-state index contributed by atoms with van der Waals surface area (Å²) in [6.07, 6.45) is 9.31. The molecule has 0 spiro atoms. The van der Waals surface area contributed by atoms with E-state index in [1.165, 1.54) is 35.7 Å². The number of carboxylic acids is 1. The van der Waals surface area contributed by atoms with Gasteiger partial charge in [0, 0.05) is 28.9 Å². The first-order chi connectivity index (χ1) is 20.1. The van der Waals surface area contributed by atoms with Gasteiger partial charge in [0.25, 0.3) is 5.19 Å². The quantitative estimate of drug-likeness (QED) is 0.326. The van der Waals surface area contributed by atoms with Gasteiger partial charge in [-0.05, 0) is 110 Å². The number of carboxylic acid groups (broad SMARTS) is 1. The second-order valence-electron chi connectivity index (χ2n) is 13.3. The second-order valence-corrected chi connectivity index (χ2v) is 15.1. The van der Waals surface area contributed by atoms with E-state index in [2.05, 4.69) is 33.0 Å². The van der Waals surface area contributed by atoms with E-state index in [1.54, 1.807) is 0 Å². The van der Waals surface area contributed by atoms with Crippen LogP contribution in [0.3, 0.4) is 0 Å². The molecule has 0 radical (unpaired) electrons. The van der Waals surface area contributed by atoms with Crippen molar-refractivity contribution in [3.63, 3.8) is 0 Å². The number of hydrogen-bond acceptors (Lipinski definition) is 8. The summed E-state index contributed by atoms with van der Waals surface area (Å²) in [6, 6.07) is 1.76. The molecule has 5 rings (SSSR count). The predicted octanol–water partition coefficient (Wildman–Crippen LogP) is 6.84. The SMILES string of the molecule is CC(C)(C)C#Cc1cc(N(C(=O)[C@H]2CC[C@H](C)CC2)C2CCC(Oc3nc(CN4CCCC4)ns3)CC2)c(C(=O)O)s1. The molecule has 0 atom stereocenters. The highest BCUT2D eigenvalue weighted by Crippen LogP contribution is 2.39. The van der Waals surface area contributed by atoms with Crippen LogP contribution in [-0.2, 0) is 11.3 Å². The van der Waals surface area contributed by atoms with Crippen molar-refractivity contribution in [2.24, 2.45) is 17.3 Å². The fourth-order valence-electron chi connectivity index (χ4n) is 6.28. The van der Waals surface area contributed by atoms with Crippen molar-refractivity contribution in [1.82, 2.24) is 14.3 Å². The highest BCUT2D eigenvalue weighted by Gasteiger charge is 2.38. The summed E-state index contributed by atoms with van der Waals surface area (Å²) in [5, 5.41) is 10.8. The molecule has 0 unspecified atom stereocenters. The number of likely N-dealkylation sites (tertiary alicyclic amines) is 1. The minimum atomic E-state index is -1.01. The van der Waals surface area contributed by atoms with E-state index in [1.807, 2.05) is 31.7 Å². The Hall–Kier alpha value is -2.48. The molecule has 2 aliphatic carbocycles. The Morgan fingerprint density at radius 1 is 1.10 bits per heavy atom. The number of carbonyl (C=O) groups excluding carboxylic acids is 1. The van der Waals surface area contributed by atoms with E-state index in [4.69, 9.17) is 4.74 Å². The molecule has 1 amide bonds. The highest BCUT2D eigenvalue weighted by atomic mass is 32.1. The molecule has 2 saturated carbocycles. The largest absolute Gasteiger partial charge is 0.477 e. The molecular weight excluding hydrogens is 569 g/mol. The van der Waals surface area contributed by atoms with Crippen molar-refractivity contribution in [3.8, 4) is 17.0 Å². The summed E-state index contributed by atoms with van der Waals surface area (Å²) in [7, 11) is 0. The average molecular weight is 613 g/mol. The van der Waals surface area contributed by atoms with Gasteiger partial charge in [-0.3, -0.25) is 9.69 Å². The molecule has 10 heteroatoms. The normalized spacial score (nSPS) is 25.0. The Bertz CT molecular complexity index is 1300. The summed E-state index contributed by atoms with van der Waals surface area (Å²) in [5.74, 6) is 6.83. The summed E-state index contributed by atoms with van der Waals surface area (Å²) in [4.78, 5) is 36.3. The van der Waals surface area contributed by atoms with E-state index in [0.29, 0.717) is 21.7 Å². The summed E-state index contributed by atoms with van der Waals surface area (Å²) >= 11 is 2.49. The van der Waals surface area contributed by atoms with Crippen LogP contribution in [0.5, 0.6) is 5.19 Å². The topological polar surface area (TPSA) is 95.9 Å². The standard InChI is InChI=1S/C32H44N4O4S2/c1-21-7-9-22(10-8-21)29(37)36(26-19-25(15-16-32(2,3)4)41-28(26)30(38)39)23-11-13-24(14-12-23)40-31-33-27(34-42-31)20-35-17-5-6-18-35/h19,21-24H,5-14,17-18,20H2,1-4H3,(H,38,39)/t21-,22-,23?,24?. The van der Waals surface area contributed by atoms with Gasteiger partial charge in [-0.2, -0.15) is 9.36 Å². The minimum absolute atomic E-state index is 0.0101. The zero-order valence-corrected chi connectivity index (χ0v) is 27.0. The van der Waals surface area contributed by atoms with Gasteiger partial charge in [-0.25, -0.2) is 4.79 Å². The van der Waals surface area contributed by atoms with Crippen LogP contribution in [0, 0.1) is 29.1 Å². The fraction of sp³-hybridized carbons (Fsp3) is 0.688. The molecule has 0 aromatic carbocycles. The third kappa shape index (κ3) is 7.91. The molecule has 228 valence electrons. The number of thiophene rings is 1. The van der Waals surface area contributed by atoms with Gasteiger partial charge >= 0.3 is 5.97 Å². The number of anilines is 1. The molecule has 3 heterocycles. The molecule has 1 aliphatic heterocycles. The molecule has 1 N–H and O–H groups in total. The Morgan fingerprint density at radius 2 is 1.79 bits per heavy atom. The molecule has 8 nitrogen and oxygen atoms in total. The van der Waals surface area contributed by atoms with Crippen LogP contribution in [0.4, 0.5) is 5.69 Å². The minimum Gasteiger partial charge on any atom is -0.477 e. The maximum Gasteiger partial charge on any atom is 0.348 e. The van der Waals surface area contributed by atoms with Gasteiger partial charge in [-0.1, -0.05) is 18.8 Å². The Kier molecular flexibility index (Phi) is 9.91. The molecule has 2 aromatic rings. The third-order valence-corrected chi connectivity index (χ3v) is 10.3. The van der Waals surface area contributed by atoms with Gasteiger partial charge in [0.2, 0.25) is 5.91 Å². The van der Waals surface area contributed by atoms with Crippen LogP contribution in [0.25, 0.3) is 0 Å². The predicted molar refractivity (Wildman–Crippen MR) is 167 cm³/mol. The van der Waals surface area contributed by atoms with Crippen LogP contribution < -0.4 is 9.64 Å². The molecule has 42 heavy (non-hydrogen) atoms. The number of aromatic carboxylic acids is 1. The third-order valence-electron chi connectivity index (χ3n) is 8.62. The number of aromatic nitrogens is 2. The fourth-order valence-corrected chi connectivity index (χ4v) is 7.73. The van der Waals surface area contributed by atoms with Crippen molar-refractivity contribution in [2.75, 3.05) is 18.0 Å². The Labute approximate surface area is 258 Å². The smallest absolute Gasteiger partial charge is 0.348 e. The molecule has 2 aromatic heterocycles. The lowest BCUT2D eigenvalue weighted by Crippen LogP contribution is -2.47. The first kappa shape index (κ1) is 31.0. The number of rotatable bonds is 8. The van der Waals surface area contributed by atoms with E-state index < -0.39 is 5.97 Å². The van der Waals surface area contributed by atoms with Crippen molar-refractivity contribution in [2.45, 2.75) is 111 Å². The van der Waals surface area contributed by atoms with E-state index in [9.17, 15) is 14.7 Å². The summed E-state index contributed by atoms with van der Waals surface area (Å²) in [6.45, 7) is 11.3. The summed E-state index contributed by atoms with van der Waals surface area (Å²) < 4.78 is 10.8. The Morgan fingerprint density at radius 3 is 2.43 bits per heavy atom. The zero-order chi connectivity index (χ0) is 29.9. The number of ether oxygens (including phenoxy) is 1. The number of nitrogens with zero attached hydrogens (tertiary/aromatic N) is 4. The number of amides is 1. The van der Waals surface area contributed by atoms with Crippen molar-refractivity contribution >= 4 is 40.4 Å². The van der Waals surface area contributed by atoms with Gasteiger partial charge in [-0.15, -0.1) is 11.3 Å². The van der Waals surface area contributed by atoms with Gasteiger partial charge in [0.1, 0.15) is 11.0 Å². The molecule has 3 aliphatic rings. The van der Waals surface area contributed by atoms with Crippen LogP contribution >= 0.6 is 22.9 Å². The van der Waals surface area contributed by atoms with Crippen molar-refractivity contribution in [3.05, 3.63) is 21.6 Å². The van der Waals surface area contributed by atoms with Crippen molar-refractivity contribution < 1.29 is 19.4 Å². The number of carbonyl (C=O) groups is 2. The monoisotopic (exact) mass is 612 g/mol. The maximum atomic E-state index is 14.2. The maximum absolute atomic E-state index is 14.2. The Balaban J connectivity index is 1.32. The number of hydrogen-bond donors (Lipinski definition) is 1. The lowest BCUT2D eigenvalue weighted by Gasteiger charge is -2.39. The first-order valence-corrected chi connectivity index (χ1v) is 17.1. The van der Waals surface area contributed by atoms with Gasteiger partial charge < -0.3 is 14.7 Å². The zero-order valence-electron chi connectivity index (χ0n) is 25.4. The van der Waals surface area contributed by atoms with Crippen LogP contribution in [0.2, 0.25) is 0 Å².